The minimum absolute atomic E-state index is 0.0297. The molecule has 112 valence electrons. The van der Waals surface area contributed by atoms with Crippen LogP contribution >= 0.6 is 11.6 Å². The van der Waals surface area contributed by atoms with E-state index >= 15 is 0 Å². The van der Waals surface area contributed by atoms with Gasteiger partial charge in [0.2, 0.25) is 0 Å². The van der Waals surface area contributed by atoms with Gasteiger partial charge >= 0.3 is 0 Å². The first-order valence-electron chi connectivity index (χ1n) is 5.82. The molecule has 1 heterocycles. The van der Waals surface area contributed by atoms with E-state index in [0.717, 1.165) is 6.07 Å². The lowest BCUT2D eigenvalue weighted by Crippen LogP contribution is -2.13. The van der Waals surface area contributed by atoms with Gasteiger partial charge in [0.05, 0.1) is 23.9 Å². The first kappa shape index (κ1) is 15.5. The number of halogens is 2. The van der Waals surface area contributed by atoms with Gasteiger partial charge in [-0.25, -0.2) is 17.8 Å². The molecule has 0 spiro atoms. The van der Waals surface area contributed by atoms with E-state index in [4.69, 9.17) is 16.3 Å². The van der Waals surface area contributed by atoms with Gasteiger partial charge in [0.15, 0.2) is 11.6 Å². The minimum atomic E-state index is -3.92. The Morgan fingerprint density at radius 1 is 1.33 bits per heavy atom. The zero-order chi connectivity index (χ0) is 15.6. The molecule has 0 aliphatic carbocycles. The number of pyridine rings is 1. The fourth-order valence-electron chi connectivity index (χ4n) is 1.64. The zero-order valence-corrected chi connectivity index (χ0v) is 12.8. The number of aryl methyl sites for hydroxylation is 1. The largest absolute Gasteiger partial charge is 0.494 e. The Kier molecular flexibility index (Phi) is 4.34. The van der Waals surface area contributed by atoms with Gasteiger partial charge < -0.3 is 4.74 Å². The lowest BCUT2D eigenvalue weighted by molar-refractivity contribution is 0.385. The Bertz CT molecular complexity index is 781. The second-order valence-corrected chi connectivity index (χ2v) is 6.27. The molecule has 1 N–H and O–H groups in total. The molecule has 5 nitrogen and oxygen atoms in total. The van der Waals surface area contributed by atoms with Crippen LogP contribution in [0.2, 0.25) is 5.15 Å². The number of sulfonamides is 1. The molecule has 0 amide bonds. The van der Waals surface area contributed by atoms with Crippen LogP contribution < -0.4 is 9.46 Å². The van der Waals surface area contributed by atoms with Gasteiger partial charge in [-0.05, 0) is 36.8 Å². The maximum Gasteiger partial charge on any atom is 0.262 e. The molecule has 21 heavy (non-hydrogen) atoms. The molecule has 0 fully saturated rings. The molecular formula is C13H12ClFN2O3S. The van der Waals surface area contributed by atoms with Gasteiger partial charge in [-0.2, -0.15) is 0 Å². The average molecular weight is 331 g/mol. The van der Waals surface area contributed by atoms with Gasteiger partial charge in [0.25, 0.3) is 10.0 Å². The number of rotatable bonds is 4. The SMILES string of the molecule is COc1ccc(S(=O)(=O)Nc2cnc(Cl)c(C)c2)cc1F. The van der Waals surface area contributed by atoms with E-state index in [2.05, 4.69) is 9.71 Å². The van der Waals surface area contributed by atoms with E-state index in [0.29, 0.717) is 5.56 Å². The molecule has 2 rings (SSSR count). The summed E-state index contributed by atoms with van der Waals surface area (Å²) in [4.78, 5) is 3.63. The second kappa shape index (κ2) is 5.87. The Balaban J connectivity index is 2.33. The summed E-state index contributed by atoms with van der Waals surface area (Å²) >= 11 is 5.77. The molecule has 1 aromatic heterocycles. The summed E-state index contributed by atoms with van der Waals surface area (Å²) < 4.78 is 45.0. The molecule has 0 aliphatic heterocycles. The molecule has 2 aromatic rings. The third kappa shape index (κ3) is 3.43. The third-order valence-electron chi connectivity index (χ3n) is 2.70. The van der Waals surface area contributed by atoms with E-state index in [1.807, 2.05) is 0 Å². The van der Waals surface area contributed by atoms with Crippen LogP contribution in [0.25, 0.3) is 0 Å². The lowest BCUT2D eigenvalue weighted by atomic mass is 10.3. The number of nitrogens with zero attached hydrogens (tertiary/aromatic N) is 1. The van der Waals surface area contributed by atoms with E-state index in [-0.39, 0.29) is 21.5 Å². The van der Waals surface area contributed by atoms with Crippen molar-refractivity contribution >= 4 is 27.3 Å². The molecule has 0 radical (unpaired) electrons. The predicted octanol–water partition coefficient (Wildman–Crippen LogP) is 2.99. The monoisotopic (exact) mass is 330 g/mol. The number of aromatic nitrogens is 1. The summed E-state index contributed by atoms with van der Waals surface area (Å²) in [5.41, 5.74) is 0.867. The summed E-state index contributed by atoms with van der Waals surface area (Å²) in [6, 6.07) is 4.92. The van der Waals surface area contributed by atoms with Crippen molar-refractivity contribution in [3.8, 4) is 5.75 Å². The van der Waals surface area contributed by atoms with Crippen LogP contribution in [0.4, 0.5) is 10.1 Å². The highest BCUT2D eigenvalue weighted by Crippen LogP contribution is 2.23. The maximum atomic E-state index is 13.6. The number of anilines is 1. The molecule has 0 saturated heterocycles. The van der Waals surface area contributed by atoms with Crippen LogP contribution in [0.15, 0.2) is 35.4 Å². The third-order valence-corrected chi connectivity index (χ3v) is 4.47. The molecule has 0 unspecified atom stereocenters. The molecule has 1 aromatic carbocycles. The van der Waals surface area contributed by atoms with Crippen LogP contribution in [0.5, 0.6) is 5.75 Å². The van der Waals surface area contributed by atoms with E-state index in [1.54, 1.807) is 6.92 Å². The van der Waals surface area contributed by atoms with Gasteiger partial charge in [0.1, 0.15) is 5.15 Å². The lowest BCUT2D eigenvalue weighted by Gasteiger charge is -2.10. The smallest absolute Gasteiger partial charge is 0.262 e. The summed E-state index contributed by atoms with van der Waals surface area (Å²) in [6.07, 6.45) is 1.28. The average Bonchev–Trinajstić information content (AvgIpc) is 2.42. The first-order valence-corrected chi connectivity index (χ1v) is 7.68. The van der Waals surface area contributed by atoms with Crippen molar-refractivity contribution in [3.63, 3.8) is 0 Å². The van der Waals surface area contributed by atoms with Crippen LogP contribution in [-0.2, 0) is 10.0 Å². The van der Waals surface area contributed by atoms with Crippen molar-refractivity contribution in [2.24, 2.45) is 0 Å². The van der Waals surface area contributed by atoms with Crippen molar-refractivity contribution < 1.29 is 17.5 Å². The maximum absolute atomic E-state index is 13.6. The van der Waals surface area contributed by atoms with Crippen LogP contribution in [0.3, 0.4) is 0 Å². The number of ether oxygens (including phenoxy) is 1. The molecule has 0 bridgehead atoms. The van der Waals surface area contributed by atoms with Crippen LogP contribution in [-0.4, -0.2) is 20.5 Å². The molecule has 8 heteroatoms. The number of hydrogen-bond donors (Lipinski definition) is 1. The minimum Gasteiger partial charge on any atom is -0.494 e. The molecule has 0 aliphatic rings. The van der Waals surface area contributed by atoms with Crippen molar-refractivity contribution in [1.29, 1.82) is 0 Å². The summed E-state index contributed by atoms with van der Waals surface area (Å²) in [6.45, 7) is 1.69. The van der Waals surface area contributed by atoms with Gasteiger partial charge in [-0.3, -0.25) is 4.72 Å². The molecule has 0 saturated carbocycles. The van der Waals surface area contributed by atoms with Crippen LogP contribution in [0.1, 0.15) is 5.56 Å². The summed E-state index contributed by atoms with van der Waals surface area (Å²) in [5, 5.41) is 0.286. The topological polar surface area (TPSA) is 68.3 Å². The zero-order valence-electron chi connectivity index (χ0n) is 11.2. The normalized spacial score (nSPS) is 11.2. The Hall–Kier alpha value is -1.86. The predicted molar refractivity (Wildman–Crippen MR) is 77.7 cm³/mol. The molecule has 0 atom stereocenters. The Labute approximate surface area is 126 Å². The fraction of sp³-hybridized carbons (Fsp3) is 0.154. The number of nitrogens with one attached hydrogen (secondary N) is 1. The van der Waals surface area contributed by atoms with Crippen molar-refractivity contribution in [2.75, 3.05) is 11.8 Å². The standard InChI is InChI=1S/C13H12ClFN2O3S/c1-8-5-9(7-16-13(8)14)17-21(18,19)10-3-4-12(20-2)11(15)6-10/h3-7,17H,1-2H3. The summed E-state index contributed by atoms with van der Waals surface area (Å²) in [5.74, 6) is -0.788. The Morgan fingerprint density at radius 2 is 2.05 bits per heavy atom. The Morgan fingerprint density at radius 3 is 2.62 bits per heavy atom. The highest BCUT2D eigenvalue weighted by molar-refractivity contribution is 7.92. The van der Waals surface area contributed by atoms with E-state index in [1.165, 1.54) is 31.5 Å². The van der Waals surface area contributed by atoms with Crippen molar-refractivity contribution in [2.45, 2.75) is 11.8 Å². The quantitative estimate of drug-likeness (QED) is 0.875. The van der Waals surface area contributed by atoms with Gasteiger partial charge in [-0.1, -0.05) is 11.6 Å². The van der Waals surface area contributed by atoms with E-state index in [9.17, 15) is 12.8 Å². The number of benzene rings is 1. The highest BCUT2D eigenvalue weighted by Gasteiger charge is 2.17. The van der Waals surface area contributed by atoms with Gasteiger partial charge in [0, 0.05) is 0 Å². The van der Waals surface area contributed by atoms with Crippen molar-refractivity contribution in [3.05, 3.63) is 47.0 Å². The first-order chi connectivity index (χ1) is 9.83. The molecular weight excluding hydrogens is 319 g/mol. The van der Waals surface area contributed by atoms with E-state index < -0.39 is 15.8 Å². The van der Waals surface area contributed by atoms with Crippen LogP contribution in [0, 0.1) is 12.7 Å². The number of methoxy groups -OCH3 is 1. The summed E-state index contributed by atoms with van der Waals surface area (Å²) in [7, 11) is -2.62. The number of hydrogen-bond acceptors (Lipinski definition) is 4. The van der Waals surface area contributed by atoms with Gasteiger partial charge in [-0.15, -0.1) is 0 Å². The fourth-order valence-corrected chi connectivity index (χ4v) is 2.79. The highest BCUT2D eigenvalue weighted by atomic mass is 35.5. The second-order valence-electron chi connectivity index (χ2n) is 4.23. The van der Waals surface area contributed by atoms with Crippen molar-refractivity contribution in [1.82, 2.24) is 4.98 Å².